The van der Waals surface area contributed by atoms with Crippen LogP contribution < -0.4 is 11.5 Å². The van der Waals surface area contributed by atoms with Gasteiger partial charge in [0.2, 0.25) is 0 Å². The molecule has 0 radical (unpaired) electrons. The second-order valence-corrected chi connectivity index (χ2v) is 4.43. The molecule has 4 N–H and O–H groups in total. The first-order valence-corrected chi connectivity index (χ1v) is 5.83. The van der Waals surface area contributed by atoms with Crippen molar-refractivity contribution in [3.05, 3.63) is 35.2 Å². The summed E-state index contributed by atoms with van der Waals surface area (Å²) in [6, 6.07) is 5.07. The molecule has 92 valence electrons. The predicted octanol–water partition coefficient (Wildman–Crippen LogP) is 0.889. The SMILES string of the molecule is NCC(N)c1nc2ccc(Cl)cc2n2cnnc12. The topological polar surface area (TPSA) is 95.1 Å². The fraction of sp³-hybridized carbons (Fsp3) is 0.182. The molecular formula is C11H11ClN6. The van der Waals surface area contributed by atoms with Gasteiger partial charge in [0.1, 0.15) is 12.0 Å². The average Bonchev–Trinajstić information content (AvgIpc) is 2.86. The molecule has 0 saturated heterocycles. The van der Waals surface area contributed by atoms with E-state index < -0.39 is 0 Å². The van der Waals surface area contributed by atoms with Gasteiger partial charge in [0.05, 0.1) is 17.1 Å². The monoisotopic (exact) mass is 262 g/mol. The fourth-order valence-corrected chi connectivity index (χ4v) is 2.08. The van der Waals surface area contributed by atoms with E-state index in [4.69, 9.17) is 23.1 Å². The number of hydrogen-bond acceptors (Lipinski definition) is 5. The van der Waals surface area contributed by atoms with Crippen molar-refractivity contribution in [3.63, 3.8) is 0 Å². The molecule has 3 rings (SSSR count). The minimum Gasteiger partial charge on any atom is -0.329 e. The largest absolute Gasteiger partial charge is 0.329 e. The molecule has 0 spiro atoms. The van der Waals surface area contributed by atoms with Crippen molar-refractivity contribution >= 4 is 28.3 Å². The van der Waals surface area contributed by atoms with Gasteiger partial charge in [0.15, 0.2) is 5.65 Å². The lowest BCUT2D eigenvalue weighted by atomic mass is 10.2. The first-order valence-electron chi connectivity index (χ1n) is 5.45. The molecule has 0 amide bonds. The van der Waals surface area contributed by atoms with Gasteiger partial charge in [0.25, 0.3) is 0 Å². The highest BCUT2D eigenvalue weighted by Crippen LogP contribution is 2.22. The van der Waals surface area contributed by atoms with Gasteiger partial charge in [-0.1, -0.05) is 11.6 Å². The van der Waals surface area contributed by atoms with Crippen LogP contribution >= 0.6 is 11.6 Å². The zero-order valence-corrected chi connectivity index (χ0v) is 10.2. The summed E-state index contributed by atoms with van der Waals surface area (Å²) in [4.78, 5) is 4.50. The molecule has 1 aromatic carbocycles. The molecule has 2 heterocycles. The highest BCUT2D eigenvalue weighted by Gasteiger charge is 2.15. The van der Waals surface area contributed by atoms with E-state index in [0.29, 0.717) is 22.9 Å². The van der Waals surface area contributed by atoms with Crippen molar-refractivity contribution < 1.29 is 0 Å². The van der Waals surface area contributed by atoms with E-state index in [2.05, 4.69) is 15.2 Å². The number of aromatic nitrogens is 4. The lowest BCUT2D eigenvalue weighted by molar-refractivity contribution is 0.715. The highest BCUT2D eigenvalue weighted by molar-refractivity contribution is 6.31. The molecule has 0 saturated carbocycles. The molecule has 0 fully saturated rings. The van der Waals surface area contributed by atoms with Crippen molar-refractivity contribution in [2.75, 3.05) is 6.54 Å². The highest BCUT2D eigenvalue weighted by atomic mass is 35.5. The van der Waals surface area contributed by atoms with E-state index in [0.717, 1.165) is 11.0 Å². The van der Waals surface area contributed by atoms with Crippen LogP contribution in [0.25, 0.3) is 16.7 Å². The van der Waals surface area contributed by atoms with Crippen molar-refractivity contribution in [2.24, 2.45) is 11.5 Å². The molecule has 6 nitrogen and oxygen atoms in total. The summed E-state index contributed by atoms with van der Waals surface area (Å²) in [6.45, 7) is 0.300. The van der Waals surface area contributed by atoms with Crippen molar-refractivity contribution in [3.8, 4) is 0 Å². The van der Waals surface area contributed by atoms with Crippen molar-refractivity contribution in [1.82, 2.24) is 19.6 Å². The van der Waals surface area contributed by atoms with E-state index in [1.54, 1.807) is 12.4 Å². The van der Waals surface area contributed by atoms with E-state index in [1.807, 2.05) is 16.5 Å². The molecular weight excluding hydrogens is 252 g/mol. The number of benzene rings is 1. The van der Waals surface area contributed by atoms with Gasteiger partial charge in [-0.25, -0.2) is 4.98 Å². The second kappa shape index (κ2) is 4.16. The summed E-state index contributed by atoms with van der Waals surface area (Å²) in [5, 5.41) is 8.57. The van der Waals surface area contributed by atoms with Gasteiger partial charge in [-0.3, -0.25) is 4.40 Å². The standard InChI is InChI=1S/C11H11ClN6/c12-6-1-2-8-9(3-6)18-5-15-17-11(18)10(16-8)7(14)4-13/h1-3,5,7H,4,13-14H2. The molecule has 3 aromatic rings. The summed E-state index contributed by atoms with van der Waals surface area (Å²) in [5.41, 5.74) is 14.4. The summed E-state index contributed by atoms with van der Waals surface area (Å²) in [7, 11) is 0. The van der Waals surface area contributed by atoms with Gasteiger partial charge in [0, 0.05) is 11.6 Å². The Morgan fingerprint density at radius 3 is 3.00 bits per heavy atom. The van der Waals surface area contributed by atoms with Crippen LogP contribution in [0.1, 0.15) is 11.7 Å². The minimum atomic E-state index is -0.364. The molecule has 0 bridgehead atoms. The number of rotatable bonds is 2. The van der Waals surface area contributed by atoms with Crippen LogP contribution in [-0.4, -0.2) is 26.1 Å². The maximum Gasteiger partial charge on any atom is 0.184 e. The minimum absolute atomic E-state index is 0.300. The van der Waals surface area contributed by atoms with Gasteiger partial charge >= 0.3 is 0 Å². The maximum absolute atomic E-state index is 5.99. The van der Waals surface area contributed by atoms with Gasteiger partial charge in [-0.05, 0) is 18.2 Å². The number of hydrogen-bond donors (Lipinski definition) is 2. The molecule has 0 aliphatic rings. The Morgan fingerprint density at radius 1 is 1.39 bits per heavy atom. The van der Waals surface area contributed by atoms with Crippen LogP contribution in [0.15, 0.2) is 24.5 Å². The van der Waals surface area contributed by atoms with Gasteiger partial charge in [-0.15, -0.1) is 10.2 Å². The second-order valence-electron chi connectivity index (χ2n) is 4.00. The quantitative estimate of drug-likeness (QED) is 0.715. The summed E-state index contributed by atoms with van der Waals surface area (Å²) >= 11 is 5.99. The Bertz CT molecular complexity index is 722. The van der Waals surface area contributed by atoms with E-state index in [1.165, 1.54) is 0 Å². The van der Waals surface area contributed by atoms with Crippen LogP contribution in [0.5, 0.6) is 0 Å². The van der Waals surface area contributed by atoms with Crippen molar-refractivity contribution in [2.45, 2.75) is 6.04 Å². The third kappa shape index (κ3) is 1.62. The Labute approximate surface area is 108 Å². The van der Waals surface area contributed by atoms with Crippen LogP contribution in [-0.2, 0) is 0 Å². The maximum atomic E-state index is 5.99. The zero-order chi connectivity index (χ0) is 12.7. The Hall–Kier alpha value is -1.76. The molecule has 0 aliphatic heterocycles. The third-order valence-electron chi connectivity index (χ3n) is 2.82. The third-order valence-corrected chi connectivity index (χ3v) is 3.06. The fourth-order valence-electron chi connectivity index (χ4n) is 1.91. The molecule has 1 atom stereocenters. The Balaban J connectivity index is 2.43. The number of halogens is 1. The zero-order valence-electron chi connectivity index (χ0n) is 9.42. The molecule has 2 aromatic heterocycles. The normalized spacial score (nSPS) is 13.3. The smallest absolute Gasteiger partial charge is 0.184 e. The summed E-state index contributed by atoms with van der Waals surface area (Å²) in [6.07, 6.45) is 1.61. The first-order chi connectivity index (χ1) is 8.70. The van der Waals surface area contributed by atoms with Crippen LogP contribution in [0.3, 0.4) is 0 Å². The first kappa shape index (κ1) is 11.3. The lowest BCUT2D eigenvalue weighted by Crippen LogP contribution is -2.23. The van der Waals surface area contributed by atoms with Gasteiger partial charge in [-0.2, -0.15) is 0 Å². The average molecular weight is 263 g/mol. The Morgan fingerprint density at radius 2 is 2.22 bits per heavy atom. The van der Waals surface area contributed by atoms with E-state index in [-0.39, 0.29) is 6.04 Å². The van der Waals surface area contributed by atoms with Crippen LogP contribution in [0.4, 0.5) is 0 Å². The van der Waals surface area contributed by atoms with E-state index in [9.17, 15) is 0 Å². The van der Waals surface area contributed by atoms with E-state index >= 15 is 0 Å². The molecule has 1 unspecified atom stereocenters. The predicted molar refractivity (Wildman–Crippen MR) is 69.3 cm³/mol. The van der Waals surface area contributed by atoms with Gasteiger partial charge < -0.3 is 11.5 Å². The van der Waals surface area contributed by atoms with Crippen molar-refractivity contribution in [1.29, 1.82) is 0 Å². The van der Waals surface area contributed by atoms with Crippen LogP contribution in [0, 0.1) is 0 Å². The lowest BCUT2D eigenvalue weighted by Gasteiger charge is -2.11. The Kier molecular flexibility index (Phi) is 2.62. The summed E-state index contributed by atoms with van der Waals surface area (Å²) in [5.74, 6) is 0. The molecule has 7 heteroatoms. The molecule has 18 heavy (non-hydrogen) atoms. The molecule has 0 aliphatic carbocycles. The number of nitrogens with zero attached hydrogens (tertiary/aromatic N) is 4. The number of nitrogens with two attached hydrogens (primary N) is 2. The summed E-state index contributed by atoms with van der Waals surface area (Å²) < 4.78 is 1.82. The van der Waals surface area contributed by atoms with Crippen LogP contribution in [0.2, 0.25) is 5.02 Å². The number of fused-ring (bicyclic) bond motifs is 3.